The first-order valence-corrected chi connectivity index (χ1v) is 7.34. The molecule has 0 saturated carbocycles. The summed E-state index contributed by atoms with van der Waals surface area (Å²) < 4.78 is 27.9. The molecule has 0 radical (unpaired) electrons. The van der Waals surface area contributed by atoms with Crippen molar-refractivity contribution in [2.45, 2.75) is 38.9 Å². The molecule has 0 amide bonds. The van der Waals surface area contributed by atoms with Gasteiger partial charge in [0, 0.05) is 24.3 Å². The lowest BCUT2D eigenvalue weighted by molar-refractivity contribution is 0.00578. The molecule has 1 aliphatic heterocycles. The van der Waals surface area contributed by atoms with Crippen LogP contribution in [-0.2, 0) is 16.4 Å². The van der Waals surface area contributed by atoms with Crippen LogP contribution in [-0.4, -0.2) is 28.1 Å². The van der Waals surface area contributed by atoms with Crippen molar-refractivity contribution in [3.8, 4) is 11.1 Å². The maximum absolute atomic E-state index is 14.3. The normalized spacial score (nSPS) is 19.6. The monoisotopic (exact) mass is 302 g/mol. The molecule has 0 N–H and O–H groups in total. The van der Waals surface area contributed by atoms with Gasteiger partial charge in [0.1, 0.15) is 5.82 Å². The predicted molar refractivity (Wildman–Crippen MR) is 84.3 cm³/mol. The van der Waals surface area contributed by atoms with Crippen molar-refractivity contribution < 1.29 is 13.7 Å². The largest absolute Gasteiger partial charge is 0.497 e. The Labute approximate surface area is 130 Å². The maximum Gasteiger partial charge on any atom is 0.497 e. The summed E-state index contributed by atoms with van der Waals surface area (Å²) in [5, 5.41) is 4.15. The summed E-state index contributed by atoms with van der Waals surface area (Å²) >= 11 is 0. The topological polar surface area (TPSA) is 36.3 Å². The Bertz CT molecular complexity index is 696. The molecule has 6 heteroatoms. The van der Waals surface area contributed by atoms with Crippen LogP contribution in [0.4, 0.5) is 4.39 Å². The minimum Gasteiger partial charge on any atom is -0.399 e. The molecule has 0 spiro atoms. The summed E-state index contributed by atoms with van der Waals surface area (Å²) in [6, 6.07) is 4.96. The Balaban J connectivity index is 1.98. The quantitative estimate of drug-likeness (QED) is 0.800. The summed E-state index contributed by atoms with van der Waals surface area (Å²) in [5.74, 6) is -0.328. The van der Waals surface area contributed by atoms with Crippen molar-refractivity contribution >= 4 is 12.6 Å². The standard InChI is InChI=1S/C16H20BFN2O2/c1-15(2)16(3,4)22-17(21-15)13-8-11(6-7-14(13)18)12-9-19-20(5)10-12/h6-10H,1-5H3. The Morgan fingerprint density at radius 2 is 1.73 bits per heavy atom. The number of aryl methyl sites for hydroxylation is 1. The van der Waals surface area contributed by atoms with Gasteiger partial charge in [-0.05, 0) is 39.3 Å². The third-order valence-electron chi connectivity index (χ3n) is 4.54. The lowest BCUT2D eigenvalue weighted by Crippen LogP contribution is -2.41. The van der Waals surface area contributed by atoms with Crippen molar-refractivity contribution in [1.82, 2.24) is 9.78 Å². The molecular weight excluding hydrogens is 282 g/mol. The molecule has 2 heterocycles. The van der Waals surface area contributed by atoms with E-state index in [1.807, 2.05) is 40.9 Å². The van der Waals surface area contributed by atoms with Gasteiger partial charge in [0.05, 0.1) is 17.4 Å². The second kappa shape index (κ2) is 4.93. The smallest absolute Gasteiger partial charge is 0.399 e. The van der Waals surface area contributed by atoms with E-state index in [2.05, 4.69) is 5.10 Å². The molecule has 1 aliphatic rings. The highest BCUT2D eigenvalue weighted by atomic mass is 19.1. The van der Waals surface area contributed by atoms with Gasteiger partial charge in [-0.2, -0.15) is 5.10 Å². The fraction of sp³-hybridized carbons (Fsp3) is 0.438. The van der Waals surface area contributed by atoms with Gasteiger partial charge in [-0.25, -0.2) is 4.39 Å². The van der Waals surface area contributed by atoms with E-state index >= 15 is 0 Å². The summed E-state index contributed by atoms with van der Waals surface area (Å²) in [4.78, 5) is 0. The molecule has 1 fully saturated rings. The molecule has 4 nitrogen and oxygen atoms in total. The third-order valence-corrected chi connectivity index (χ3v) is 4.54. The van der Waals surface area contributed by atoms with Crippen molar-refractivity contribution in [3.63, 3.8) is 0 Å². The van der Waals surface area contributed by atoms with Crippen molar-refractivity contribution in [3.05, 3.63) is 36.4 Å². The molecule has 0 aliphatic carbocycles. The number of hydrogen-bond donors (Lipinski definition) is 0. The molecule has 3 rings (SSSR count). The first kappa shape index (κ1) is 15.2. The molecular formula is C16H20BFN2O2. The predicted octanol–water partition coefficient (Wildman–Crippen LogP) is 2.53. The minimum absolute atomic E-state index is 0.328. The number of aromatic nitrogens is 2. The Hall–Kier alpha value is -1.66. The van der Waals surface area contributed by atoms with Crippen LogP contribution in [0, 0.1) is 5.82 Å². The van der Waals surface area contributed by atoms with E-state index in [9.17, 15) is 4.39 Å². The molecule has 1 saturated heterocycles. The van der Waals surface area contributed by atoms with E-state index < -0.39 is 18.3 Å². The number of halogens is 1. The molecule has 1 aromatic carbocycles. The van der Waals surface area contributed by atoms with Gasteiger partial charge >= 0.3 is 7.12 Å². The highest BCUT2D eigenvalue weighted by molar-refractivity contribution is 6.62. The lowest BCUT2D eigenvalue weighted by Gasteiger charge is -2.32. The zero-order valence-electron chi connectivity index (χ0n) is 13.6. The lowest BCUT2D eigenvalue weighted by atomic mass is 9.77. The van der Waals surface area contributed by atoms with E-state index in [0.29, 0.717) is 5.46 Å². The van der Waals surface area contributed by atoms with Gasteiger partial charge in [-0.15, -0.1) is 0 Å². The first-order valence-electron chi connectivity index (χ1n) is 7.34. The van der Waals surface area contributed by atoms with Crippen LogP contribution in [0.15, 0.2) is 30.6 Å². The molecule has 0 atom stereocenters. The minimum atomic E-state index is -0.707. The zero-order chi connectivity index (χ0) is 16.1. The molecule has 0 bridgehead atoms. The second-order valence-corrected chi connectivity index (χ2v) is 6.73. The fourth-order valence-electron chi connectivity index (χ4n) is 2.44. The fourth-order valence-corrected chi connectivity index (χ4v) is 2.44. The zero-order valence-corrected chi connectivity index (χ0v) is 13.6. The summed E-state index contributed by atoms with van der Waals surface area (Å²) in [6.07, 6.45) is 3.64. The summed E-state index contributed by atoms with van der Waals surface area (Å²) in [7, 11) is 1.14. The van der Waals surface area contributed by atoms with Gasteiger partial charge in [-0.1, -0.05) is 12.1 Å². The Morgan fingerprint density at radius 1 is 1.09 bits per heavy atom. The highest BCUT2D eigenvalue weighted by Crippen LogP contribution is 2.36. The van der Waals surface area contributed by atoms with E-state index in [-0.39, 0.29) is 5.82 Å². The van der Waals surface area contributed by atoms with E-state index in [1.54, 1.807) is 23.0 Å². The summed E-state index contributed by atoms with van der Waals surface area (Å²) in [5.41, 5.74) is 1.25. The average molecular weight is 302 g/mol. The van der Waals surface area contributed by atoms with Crippen LogP contribution in [0.2, 0.25) is 0 Å². The number of hydrogen-bond acceptors (Lipinski definition) is 3. The number of rotatable bonds is 2. The number of benzene rings is 1. The van der Waals surface area contributed by atoms with Crippen LogP contribution >= 0.6 is 0 Å². The number of nitrogens with zero attached hydrogens (tertiary/aromatic N) is 2. The molecule has 2 aromatic rings. The molecule has 1 aromatic heterocycles. The summed E-state index contributed by atoms with van der Waals surface area (Å²) in [6.45, 7) is 7.82. The first-order chi connectivity index (χ1) is 10.2. The van der Waals surface area contributed by atoms with E-state index in [1.165, 1.54) is 6.07 Å². The van der Waals surface area contributed by atoms with Crippen molar-refractivity contribution in [2.24, 2.45) is 7.05 Å². The van der Waals surface area contributed by atoms with Gasteiger partial charge in [-0.3, -0.25) is 4.68 Å². The van der Waals surface area contributed by atoms with Gasteiger partial charge in [0.25, 0.3) is 0 Å². The third kappa shape index (κ3) is 2.46. The molecule has 22 heavy (non-hydrogen) atoms. The van der Waals surface area contributed by atoms with Crippen LogP contribution < -0.4 is 5.46 Å². The second-order valence-electron chi connectivity index (χ2n) is 6.73. The van der Waals surface area contributed by atoms with E-state index in [0.717, 1.165) is 11.1 Å². The van der Waals surface area contributed by atoms with E-state index in [4.69, 9.17) is 9.31 Å². The van der Waals surface area contributed by atoms with Crippen molar-refractivity contribution in [2.75, 3.05) is 0 Å². The molecule has 116 valence electrons. The SMILES string of the molecule is Cn1cc(-c2ccc(F)c(B3OC(C)(C)C(C)(C)O3)c2)cn1. The van der Waals surface area contributed by atoms with Gasteiger partial charge in [0.15, 0.2) is 0 Å². The molecule has 0 unspecified atom stereocenters. The van der Waals surface area contributed by atoms with Gasteiger partial charge in [0.2, 0.25) is 0 Å². The van der Waals surface area contributed by atoms with Crippen LogP contribution in [0.1, 0.15) is 27.7 Å². The Morgan fingerprint density at radius 3 is 2.27 bits per heavy atom. The van der Waals surface area contributed by atoms with Gasteiger partial charge < -0.3 is 9.31 Å². The van der Waals surface area contributed by atoms with Crippen LogP contribution in [0.5, 0.6) is 0 Å². The van der Waals surface area contributed by atoms with Crippen LogP contribution in [0.3, 0.4) is 0 Å². The average Bonchev–Trinajstić information content (AvgIpc) is 2.92. The highest BCUT2D eigenvalue weighted by Gasteiger charge is 2.52. The van der Waals surface area contributed by atoms with Crippen LogP contribution in [0.25, 0.3) is 11.1 Å². The Kier molecular flexibility index (Phi) is 3.42. The maximum atomic E-state index is 14.3. The van der Waals surface area contributed by atoms with Crippen molar-refractivity contribution in [1.29, 1.82) is 0 Å².